The van der Waals surface area contributed by atoms with Crippen molar-refractivity contribution in [1.29, 1.82) is 0 Å². The van der Waals surface area contributed by atoms with Crippen LogP contribution in [0, 0.1) is 11.7 Å². The highest BCUT2D eigenvalue weighted by atomic mass is 19.1. The molecule has 1 fully saturated rings. The molecule has 0 aliphatic carbocycles. The fourth-order valence-corrected chi connectivity index (χ4v) is 4.56. The number of allylic oxidation sites excluding steroid dienone is 2. The third-order valence-electron chi connectivity index (χ3n) is 6.45. The molecule has 1 saturated heterocycles. The Kier molecular flexibility index (Phi) is 5.50. The fourth-order valence-electron chi connectivity index (χ4n) is 4.56. The van der Waals surface area contributed by atoms with Crippen molar-refractivity contribution in [2.45, 2.75) is 19.8 Å². The summed E-state index contributed by atoms with van der Waals surface area (Å²) in [6.45, 7) is 8.65. The lowest BCUT2D eigenvalue weighted by atomic mass is 9.91. The predicted molar refractivity (Wildman–Crippen MR) is 130 cm³/mol. The number of fused-ring (bicyclic) bond motifs is 1. The van der Waals surface area contributed by atoms with Crippen LogP contribution in [-0.4, -0.2) is 28.3 Å². The van der Waals surface area contributed by atoms with Gasteiger partial charge < -0.3 is 10.3 Å². The second-order valence-electron chi connectivity index (χ2n) is 8.53. The number of hydrogen-bond acceptors (Lipinski definition) is 2. The Balaban J connectivity index is 1.51. The minimum absolute atomic E-state index is 0.240. The molecule has 0 bridgehead atoms. The largest absolute Gasteiger partial charge is 0.353 e. The van der Waals surface area contributed by atoms with Crippen molar-refractivity contribution in [3.05, 3.63) is 76.6 Å². The van der Waals surface area contributed by atoms with Gasteiger partial charge >= 0.3 is 0 Å². The molecular weight excluding hydrogens is 399 g/mol. The van der Waals surface area contributed by atoms with Crippen LogP contribution >= 0.6 is 0 Å². The summed E-state index contributed by atoms with van der Waals surface area (Å²) in [5.74, 6) is 0.397. The summed E-state index contributed by atoms with van der Waals surface area (Å²) in [6.07, 6.45) is 6.64. The van der Waals surface area contributed by atoms with Gasteiger partial charge in [-0.15, -0.1) is 0 Å². The van der Waals surface area contributed by atoms with Crippen molar-refractivity contribution in [1.82, 2.24) is 20.5 Å². The molecule has 0 spiro atoms. The molecule has 1 aliphatic heterocycles. The number of aromatic nitrogens is 3. The molecule has 162 valence electrons. The number of aromatic amines is 2. The van der Waals surface area contributed by atoms with E-state index in [0.29, 0.717) is 5.92 Å². The van der Waals surface area contributed by atoms with Crippen molar-refractivity contribution < 1.29 is 4.39 Å². The molecule has 0 saturated carbocycles. The highest BCUT2D eigenvalue weighted by Crippen LogP contribution is 2.31. The molecule has 32 heavy (non-hydrogen) atoms. The zero-order valence-corrected chi connectivity index (χ0v) is 18.2. The molecule has 4 aromatic rings. The van der Waals surface area contributed by atoms with Crippen LogP contribution in [-0.2, 0) is 0 Å². The number of nitrogens with zero attached hydrogens (tertiary/aromatic N) is 1. The number of benzene rings is 2. The van der Waals surface area contributed by atoms with Crippen LogP contribution in [0.25, 0.3) is 46.1 Å². The Morgan fingerprint density at radius 1 is 1.12 bits per heavy atom. The number of rotatable bonds is 4. The zero-order chi connectivity index (χ0) is 22.1. The Hall–Kier alpha value is -3.44. The van der Waals surface area contributed by atoms with Gasteiger partial charge in [0.05, 0.1) is 11.0 Å². The molecule has 2 aromatic carbocycles. The van der Waals surface area contributed by atoms with Gasteiger partial charge in [-0.05, 0) is 80.2 Å². The summed E-state index contributed by atoms with van der Waals surface area (Å²) in [4.78, 5) is 3.45. The van der Waals surface area contributed by atoms with Crippen molar-refractivity contribution in [3.63, 3.8) is 0 Å². The van der Waals surface area contributed by atoms with Crippen molar-refractivity contribution in [2.75, 3.05) is 13.1 Å². The van der Waals surface area contributed by atoms with E-state index in [4.69, 9.17) is 0 Å². The second kappa shape index (κ2) is 8.60. The Bertz CT molecular complexity index is 1400. The van der Waals surface area contributed by atoms with Gasteiger partial charge in [-0.1, -0.05) is 42.5 Å². The van der Waals surface area contributed by atoms with E-state index >= 15 is 0 Å². The quantitative estimate of drug-likeness (QED) is 0.450. The van der Waals surface area contributed by atoms with Gasteiger partial charge in [-0.25, -0.2) is 4.39 Å². The third-order valence-corrected chi connectivity index (χ3v) is 6.45. The standard InChI is InChI=1S/C27H27FN4/c1-17(19-11-13-29-14-12-19)9-10-24-18(2)27(32-31-24)26-16-23-22(7-4-8-25(23)30-26)20-5-3-6-21(28)15-20/h3-10,15-16,19,29-31H,2,11-14H2,1H3/b17-9+,24-10+. The van der Waals surface area contributed by atoms with E-state index in [1.165, 1.54) is 24.5 Å². The first kappa shape index (κ1) is 20.5. The molecule has 0 amide bonds. The van der Waals surface area contributed by atoms with Crippen LogP contribution in [0.1, 0.15) is 19.8 Å². The summed E-state index contributed by atoms with van der Waals surface area (Å²) in [5, 5.41) is 13.9. The van der Waals surface area contributed by atoms with Crippen LogP contribution in [0.5, 0.6) is 0 Å². The number of nitrogens with one attached hydrogen (secondary N) is 3. The summed E-state index contributed by atoms with van der Waals surface area (Å²) in [5.41, 5.74) is 5.90. The lowest BCUT2D eigenvalue weighted by Gasteiger charge is -2.23. The summed E-state index contributed by atoms with van der Waals surface area (Å²) in [7, 11) is 0. The predicted octanol–water partition coefficient (Wildman–Crippen LogP) is 4.50. The molecule has 0 atom stereocenters. The van der Waals surface area contributed by atoms with E-state index < -0.39 is 0 Å². The maximum absolute atomic E-state index is 13.8. The third kappa shape index (κ3) is 3.92. The average molecular weight is 427 g/mol. The number of halogens is 1. The highest BCUT2D eigenvalue weighted by molar-refractivity contribution is 5.97. The summed E-state index contributed by atoms with van der Waals surface area (Å²) in [6, 6.07) is 14.8. The number of H-pyrrole nitrogens is 2. The van der Waals surface area contributed by atoms with Crippen LogP contribution in [0.2, 0.25) is 0 Å². The zero-order valence-electron chi connectivity index (χ0n) is 18.2. The van der Waals surface area contributed by atoms with E-state index in [9.17, 15) is 4.39 Å². The van der Waals surface area contributed by atoms with Gasteiger partial charge in [0, 0.05) is 16.1 Å². The van der Waals surface area contributed by atoms with Crippen molar-refractivity contribution in [2.24, 2.45) is 5.92 Å². The Morgan fingerprint density at radius 3 is 2.75 bits per heavy atom. The van der Waals surface area contributed by atoms with Crippen molar-refractivity contribution >= 4 is 23.6 Å². The van der Waals surface area contributed by atoms with Gasteiger partial charge in [-0.3, -0.25) is 5.10 Å². The molecule has 5 rings (SSSR count). The molecule has 3 N–H and O–H groups in total. The lowest BCUT2D eigenvalue weighted by molar-refractivity contribution is 0.420. The Morgan fingerprint density at radius 2 is 1.94 bits per heavy atom. The van der Waals surface area contributed by atoms with Crippen LogP contribution in [0.15, 0.2) is 60.2 Å². The minimum Gasteiger partial charge on any atom is -0.353 e. The smallest absolute Gasteiger partial charge is 0.123 e. The van der Waals surface area contributed by atoms with Crippen molar-refractivity contribution in [3.8, 4) is 22.5 Å². The van der Waals surface area contributed by atoms with Gasteiger partial charge in [0.2, 0.25) is 0 Å². The molecule has 1 aliphatic rings. The van der Waals surface area contributed by atoms with E-state index in [2.05, 4.69) is 52.2 Å². The summed E-state index contributed by atoms with van der Waals surface area (Å²) < 4.78 is 13.8. The first-order valence-corrected chi connectivity index (χ1v) is 11.1. The molecule has 2 aromatic heterocycles. The molecule has 0 radical (unpaired) electrons. The van der Waals surface area contributed by atoms with E-state index in [1.807, 2.05) is 24.3 Å². The lowest BCUT2D eigenvalue weighted by Crippen LogP contribution is -2.28. The second-order valence-corrected chi connectivity index (χ2v) is 8.53. The summed E-state index contributed by atoms with van der Waals surface area (Å²) >= 11 is 0. The van der Waals surface area contributed by atoms with Crippen LogP contribution in [0.3, 0.4) is 0 Å². The topological polar surface area (TPSA) is 56.5 Å². The van der Waals surface area contributed by atoms with Gasteiger partial charge in [0.15, 0.2) is 0 Å². The maximum atomic E-state index is 13.8. The highest BCUT2D eigenvalue weighted by Gasteiger charge is 2.14. The first-order valence-electron chi connectivity index (χ1n) is 11.1. The van der Waals surface area contributed by atoms with E-state index in [-0.39, 0.29) is 5.82 Å². The van der Waals surface area contributed by atoms with E-state index in [0.717, 1.165) is 57.1 Å². The average Bonchev–Trinajstić information content (AvgIpc) is 3.41. The number of hydrogen-bond donors (Lipinski definition) is 3. The van der Waals surface area contributed by atoms with Gasteiger partial charge in [0.25, 0.3) is 0 Å². The van der Waals surface area contributed by atoms with Crippen LogP contribution < -0.4 is 15.9 Å². The maximum Gasteiger partial charge on any atom is 0.123 e. The first-order chi connectivity index (χ1) is 15.6. The SMILES string of the molecule is C=c1c(-c2cc3c(-c4cccc(F)c4)cccc3[nH]2)n[nH]/c1=C/C=C(\C)C1CCNCC1. The molecule has 0 unspecified atom stereocenters. The molecule has 3 heterocycles. The molecule has 4 nitrogen and oxygen atoms in total. The van der Waals surface area contributed by atoms with E-state index in [1.54, 1.807) is 12.1 Å². The van der Waals surface area contributed by atoms with Gasteiger partial charge in [0.1, 0.15) is 11.5 Å². The Labute approximate surface area is 186 Å². The van der Waals surface area contributed by atoms with Gasteiger partial charge in [-0.2, -0.15) is 5.10 Å². The minimum atomic E-state index is -0.240. The molecule has 5 heteroatoms. The van der Waals surface area contributed by atoms with Crippen LogP contribution in [0.4, 0.5) is 4.39 Å². The fraction of sp³-hybridized carbons (Fsp3) is 0.222. The number of piperidine rings is 1. The normalized spacial score (nSPS) is 16.2. The monoisotopic (exact) mass is 426 g/mol. The molecular formula is C27H27FN4.